The Morgan fingerprint density at radius 2 is 1.88 bits per heavy atom. The number of aryl methyl sites for hydroxylation is 3. The molecule has 2 amide bonds. The third-order valence-electron chi connectivity index (χ3n) is 5.60. The summed E-state index contributed by atoms with van der Waals surface area (Å²) in [6.45, 7) is 3.78. The summed E-state index contributed by atoms with van der Waals surface area (Å²) in [5, 5.41) is 14.7. The average molecular weight is 463 g/mol. The van der Waals surface area contributed by atoms with Gasteiger partial charge >= 0.3 is 0 Å². The number of fused-ring (bicyclic) bond motifs is 1. The standard InChI is InChI=1S/C23H26N8O3/c1-14-18(15(2)27-22-21(14)23(34-4)29-30(22)3)9-10-19(32)25-11-20(33)28-16-5-7-17(8-6-16)31-13-24-12-26-31/h5-8,12-13H,9-11H2,1-4H3,(H,25,32)(H,28,33). The Labute approximate surface area is 196 Å². The van der Waals surface area contributed by atoms with Gasteiger partial charge in [-0.25, -0.2) is 19.3 Å². The summed E-state index contributed by atoms with van der Waals surface area (Å²) in [7, 11) is 3.39. The first-order chi connectivity index (χ1) is 16.4. The number of pyridine rings is 1. The Balaban J connectivity index is 1.31. The van der Waals surface area contributed by atoms with Gasteiger partial charge in [-0.15, -0.1) is 5.10 Å². The highest BCUT2D eigenvalue weighted by molar-refractivity contribution is 5.94. The molecule has 11 nitrogen and oxygen atoms in total. The molecule has 11 heteroatoms. The minimum atomic E-state index is -0.308. The highest BCUT2D eigenvalue weighted by Crippen LogP contribution is 2.30. The quantitative estimate of drug-likeness (QED) is 0.409. The van der Waals surface area contributed by atoms with Crippen molar-refractivity contribution in [2.45, 2.75) is 26.7 Å². The molecule has 0 bridgehead atoms. The molecule has 3 heterocycles. The van der Waals surface area contributed by atoms with Gasteiger partial charge in [0.05, 0.1) is 24.7 Å². The summed E-state index contributed by atoms with van der Waals surface area (Å²) in [5.41, 5.74) is 5.00. The first kappa shape index (κ1) is 22.9. The molecule has 3 aromatic heterocycles. The molecule has 0 atom stereocenters. The summed E-state index contributed by atoms with van der Waals surface area (Å²) in [6.07, 6.45) is 3.77. The van der Waals surface area contributed by atoms with Crippen molar-refractivity contribution >= 4 is 28.5 Å². The molecule has 34 heavy (non-hydrogen) atoms. The maximum atomic E-state index is 12.4. The SMILES string of the molecule is COc1nn(C)c2nc(C)c(CCC(=O)NCC(=O)Nc3ccc(-n4cncn4)cc3)c(C)c12. The summed E-state index contributed by atoms with van der Waals surface area (Å²) < 4.78 is 8.69. The zero-order valence-electron chi connectivity index (χ0n) is 19.5. The molecule has 0 aliphatic carbocycles. The lowest BCUT2D eigenvalue weighted by atomic mass is 10.00. The summed E-state index contributed by atoms with van der Waals surface area (Å²) in [4.78, 5) is 33.2. The number of benzene rings is 1. The number of ether oxygens (including phenoxy) is 1. The van der Waals surface area contributed by atoms with Crippen LogP contribution in [0.2, 0.25) is 0 Å². The van der Waals surface area contributed by atoms with Crippen molar-refractivity contribution in [2.75, 3.05) is 19.0 Å². The van der Waals surface area contributed by atoms with Crippen LogP contribution in [0.15, 0.2) is 36.9 Å². The monoisotopic (exact) mass is 462 g/mol. The van der Waals surface area contributed by atoms with Crippen LogP contribution in [0.5, 0.6) is 5.88 Å². The van der Waals surface area contributed by atoms with E-state index in [1.54, 1.807) is 34.9 Å². The van der Waals surface area contributed by atoms with Crippen molar-refractivity contribution in [3.8, 4) is 11.6 Å². The van der Waals surface area contributed by atoms with Crippen molar-refractivity contribution in [1.82, 2.24) is 34.8 Å². The Kier molecular flexibility index (Phi) is 6.53. The van der Waals surface area contributed by atoms with Gasteiger partial charge in [0.25, 0.3) is 0 Å². The first-order valence-corrected chi connectivity index (χ1v) is 10.8. The second-order valence-electron chi connectivity index (χ2n) is 7.84. The topological polar surface area (TPSA) is 129 Å². The molecule has 0 saturated carbocycles. The number of anilines is 1. The molecule has 2 N–H and O–H groups in total. The van der Waals surface area contributed by atoms with Gasteiger partial charge in [-0.3, -0.25) is 9.59 Å². The third-order valence-corrected chi connectivity index (χ3v) is 5.60. The fourth-order valence-electron chi connectivity index (χ4n) is 3.86. The van der Waals surface area contributed by atoms with Crippen LogP contribution in [0.4, 0.5) is 5.69 Å². The van der Waals surface area contributed by atoms with Crippen LogP contribution >= 0.6 is 0 Å². The summed E-state index contributed by atoms with van der Waals surface area (Å²) in [6, 6.07) is 7.15. The fraction of sp³-hybridized carbons (Fsp3) is 0.304. The molecule has 4 rings (SSSR count). The summed E-state index contributed by atoms with van der Waals surface area (Å²) in [5.74, 6) is -0.00896. The smallest absolute Gasteiger partial charge is 0.243 e. The molecule has 176 valence electrons. The third kappa shape index (κ3) is 4.72. The van der Waals surface area contributed by atoms with Crippen LogP contribution in [0.1, 0.15) is 23.2 Å². The number of nitrogens with one attached hydrogen (secondary N) is 2. The maximum Gasteiger partial charge on any atom is 0.243 e. The minimum absolute atomic E-state index is 0.116. The van der Waals surface area contributed by atoms with E-state index in [1.165, 1.54) is 6.33 Å². The van der Waals surface area contributed by atoms with Crippen molar-refractivity contribution in [1.29, 1.82) is 0 Å². The summed E-state index contributed by atoms with van der Waals surface area (Å²) >= 11 is 0. The van der Waals surface area contributed by atoms with Crippen LogP contribution in [0.25, 0.3) is 16.7 Å². The number of methoxy groups -OCH3 is 1. The van der Waals surface area contributed by atoms with Gasteiger partial charge in [0.2, 0.25) is 17.7 Å². The van der Waals surface area contributed by atoms with Gasteiger partial charge in [0.15, 0.2) is 5.65 Å². The van der Waals surface area contributed by atoms with Crippen molar-refractivity contribution < 1.29 is 14.3 Å². The molecule has 0 spiro atoms. The van der Waals surface area contributed by atoms with E-state index in [0.29, 0.717) is 18.0 Å². The van der Waals surface area contributed by atoms with Crippen LogP contribution in [-0.4, -0.2) is 55.0 Å². The van der Waals surface area contributed by atoms with E-state index in [2.05, 4.69) is 30.8 Å². The van der Waals surface area contributed by atoms with Crippen LogP contribution in [0, 0.1) is 13.8 Å². The lowest BCUT2D eigenvalue weighted by molar-refractivity contribution is -0.124. The van der Waals surface area contributed by atoms with Crippen molar-refractivity contribution in [3.63, 3.8) is 0 Å². The van der Waals surface area contributed by atoms with E-state index in [9.17, 15) is 9.59 Å². The second kappa shape index (κ2) is 9.69. The van der Waals surface area contributed by atoms with Gasteiger partial charge in [-0.05, 0) is 55.7 Å². The Bertz CT molecular complexity index is 1330. The van der Waals surface area contributed by atoms with E-state index in [1.807, 2.05) is 33.0 Å². The number of rotatable bonds is 8. The van der Waals surface area contributed by atoms with Crippen molar-refractivity contribution in [3.05, 3.63) is 53.7 Å². The van der Waals surface area contributed by atoms with Gasteiger partial charge < -0.3 is 15.4 Å². The Morgan fingerprint density at radius 1 is 1.12 bits per heavy atom. The molecule has 1 aromatic carbocycles. The number of carbonyl (C=O) groups is 2. The fourth-order valence-corrected chi connectivity index (χ4v) is 3.86. The molecule has 0 fully saturated rings. The predicted molar refractivity (Wildman–Crippen MR) is 126 cm³/mol. The highest BCUT2D eigenvalue weighted by atomic mass is 16.5. The lowest BCUT2D eigenvalue weighted by Gasteiger charge is -2.11. The van der Waals surface area contributed by atoms with Crippen LogP contribution in [-0.2, 0) is 23.1 Å². The Morgan fingerprint density at radius 3 is 2.56 bits per heavy atom. The zero-order valence-corrected chi connectivity index (χ0v) is 19.5. The molecule has 0 unspecified atom stereocenters. The molecule has 4 aromatic rings. The minimum Gasteiger partial charge on any atom is -0.479 e. The highest BCUT2D eigenvalue weighted by Gasteiger charge is 2.18. The Hall–Kier alpha value is -4.28. The largest absolute Gasteiger partial charge is 0.479 e. The van der Waals surface area contributed by atoms with Crippen LogP contribution in [0.3, 0.4) is 0 Å². The average Bonchev–Trinajstić information content (AvgIpc) is 3.46. The van der Waals surface area contributed by atoms with E-state index in [4.69, 9.17) is 4.74 Å². The van der Waals surface area contributed by atoms with E-state index < -0.39 is 0 Å². The molecular formula is C23H26N8O3. The molecule has 0 aliphatic rings. The molecule has 0 aliphatic heterocycles. The molecular weight excluding hydrogens is 436 g/mol. The first-order valence-electron chi connectivity index (χ1n) is 10.8. The van der Waals surface area contributed by atoms with E-state index >= 15 is 0 Å². The number of aromatic nitrogens is 6. The number of hydrogen-bond acceptors (Lipinski definition) is 7. The maximum absolute atomic E-state index is 12.4. The number of carbonyl (C=O) groups excluding carboxylic acids is 2. The van der Waals surface area contributed by atoms with Gasteiger partial charge in [-0.2, -0.15) is 5.10 Å². The molecule has 0 saturated heterocycles. The van der Waals surface area contributed by atoms with E-state index in [0.717, 1.165) is 33.5 Å². The number of hydrogen-bond donors (Lipinski definition) is 2. The number of nitrogens with zero attached hydrogens (tertiary/aromatic N) is 6. The molecule has 0 radical (unpaired) electrons. The normalized spacial score (nSPS) is 10.9. The van der Waals surface area contributed by atoms with Gasteiger partial charge in [0, 0.05) is 24.8 Å². The lowest BCUT2D eigenvalue weighted by Crippen LogP contribution is -2.33. The predicted octanol–water partition coefficient (Wildman–Crippen LogP) is 1.86. The second-order valence-corrected chi connectivity index (χ2v) is 7.84. The zero-order chi connectivity index (χ0) is 24.2. The van der Waals surface area contributed by atoms with Gasteiger partial charge in [0.1, 0.15) is 12.7 Å². The van der Waals surface area contributed by atoms with Crippen LogP contribution < -0.4 is 15.4 Å². The van der Waals surface area contributed by atoms with Crippen molar-refractivity contribution in [2.24, 2.45) is 7.05 Å². The number of amides is 2. The van der Waals surface area contributed by atoms with E-state index in [-0.39, 0.29) is 24.8 Å². The van der Waals surface area contributed by atoms with Gasteiger partial charge in [-0.1, -0.05) is 0 Å².